The van der Waals surface area contributed by atoms with Gasteiger partial charge in [-0.15, -0.1) is 0 Å². The highest BCUT2D eigenvalue weighted by atomic mass is 19.3. The Morgan fingerprint density at radius 3 is 2.61 bits per heavy atom. The molecule has 1 saturated carbocycles. The molecule has 2 heterocycles. The van der Waals surface area contributed by atoms with E-state index in [1.807, 2.05) is 19.1 Å². The van der Waals surface area contributed by atoms with Crippen LogP contribution in [0, 0.1) is 5.82 Å². The van der Waals surface area contributed by atoms with Crippen LogP contribution in [0.15, 0.2) is 30.3 Å². The van der Waals surface area contributed by atoms with Crippen LogP contribution in [0.2, 0.25) is 0 Å². The maximum Gasteiger partial charge on any atom is 0.414 e. The van der Waals surface area contributed by atoms with Gasteiger partial charge in [0.05, 0.1) is 23.8 Å². The van der Waals surface area contributed by atoms with E-state index < -0.39 is 24.3 Å². The molecule has 2 aromatic carbocycles. The van der Waals surface area contributed by atoms with Crippen molar-refractivity contribution in [3.63, 3.8) is 0 Å². The molecule has 1 amide bonds. The van der Waals surface area contributed by atoms with E-state index in [1.165, 1.54) is 25.7 Å². The van der Waals surface area contributed by atoms with Gasteiger partial charge in [0.1, 0.15) is 5.82 Å². The van der Waals surface area contributed by atoms with Crippen molar-refractivity contribution in [2.45, 2.75) is 77.0 Å². The Balaban J connectivity index is 1.59. The van der Waals surface area contributed by atoms with Crippen molar-refractivity contribution in [2.24, 2.45) is 0 Å². The van der Waals surface area contributed by atoms with Crippen LogP contribution in [-0.4, -0.2) is 35.4 Å². The summed E-state index contributed by atoms with van der Waals surface area (Å²) in [7, 11) is 1.38. The van der Waals surface area contributed by atoms with Gasteiger partial charge >= 0.3 is 12.7 Å². The fourth-order valence-corrected chi connectivity index (χ4v) is 5.72. The zero-order valence-corrected chi connectivity index (χ0v) is 20.5. The maximum absolute atomic E-state index is 14.5. The lowest BCUT2D eigenvalue weighted by molar-refractivity contribution is -0.0522. The maximum atomic E-state index is 14.5. The Labute approximate surface area is 208 Å². The van der Waals surface area contributed by atoms with Crippen molar-refractivity contribution in [3.8, 4) is 5.75 Å². The van der Waals surface area contributed by atoms with Gasteiger partial charge in [0.25, 0.3) is 0 Å². The van der Waals surface area contributed by atoms with Crippen LogP contribution >= 0.6 is 0 Å². The highest BCUT2D eigenvalue weighted by Gasteiger charge is 2.32. The van der Waals surface area contributed by atoms with Gasteiger partial charge in [0, 0.05) is 24.1 Å². The SMILES string of the molecule is COC(=O)N1c2ccc3c(nc(Cc4ccc(OC(F)F)c(F)c4)n3C3CCCCC3)c2CC[C@@H]1C. The lowest BCUT2D eigenvalue weighted by Crippen LogP contribution is -2.42. The smallest absolute Gasteiger partial charge is 0.414 e. The summed E-state index contributed by atoms with van der Waals surface area (Å²) in [5.74, 6) is -0.496. The van der Waals surface area contributed by atoms with E-state index in [2.05, 4.69) is 9.30 Å². The van der Waals surface area contributed by atoms with Crippen LogP contribution in [0.5, 0.6) is 5.75 Å². The number of ether oxygens (including phenoxy) is 2. The van der Waals surface area contributed by atoms with E-state index in [9.17, 15) is 18.0 Å². The number of halogens is 3. The molecular formula is C27H30F3N3O3. The first-order chi connectivity index (χ1) is 17.4. The zero-order chi connectivity index (χ0) is 25.4. The molecule has 3 aromatic rings. The summed E-state index contributed by atoms with van der Waals surface area (Å²) in [4.78, 5) is 19.3. The molecule has 192 valence electrons. The van der Waals surface area contributed by atoms with E-state index in [4.69, 9.17) is 9.72 Å². The van der Waals surface area contributed by atoms with Gasteiger partial charge in [-0.25, -0.2) is 14.2 Å². The number of rotatable bonds is 5. The molecule has 9 heteroatoms. The number of carbonyl (C=O) groups excluding carboxylic acids is 1. The highest BCUT2D eigenvalue weighted by molar-refractivity contribution is 5.95. The number of benzene rings is 2. The quantitative estimate of drug-likeness (QED) is 0.387. The minimum Gasteiger partial charge on any atom is -0.452 e. The van der Waals surface area contributed by atoms with Crippen molar-refractivity contribution in [2.75, 3.05) is 12.0 Å². The molecule has 2 aliphatic rings. The summed E-state index contributed by atoms with van der Waals surface area (Å²) in [6, 6.07) is 8.36. The Kier molecular flexibility index (Phi) is 6.81. The molecule has 1 atom stereocenters. The second-order valence-electron chi connectivity index (χ2n) is 9.67. The predicted octanol–water partition coefficient (Wildman–Crippen LogP) is 6.78. The minimum atomic E-state index is -3.08. The van der Waals surface area contributed by atoms with Crippen molar-refractivity contribution in [1.82, 2.24) is 9.55 Å². The zero-order valence-electron chi connectivity index (χ0n) is 20.5. The number of alkyl halides is 2. The van der Waals surface area contributed by atoms with E-state index in [0.717, 1.165) is 66.6 Å². The molecule has 0 unspecified atom stereocenters. The number of hydrogen-bond acceptors (Lipinski definition) is 4. The van der Waals surface area contributed by atoms with Crippen molar-refractivity contribution < 1.29 is 27.4 Å². The standard InChI is InChI=1S/C27H30F3N3O3/c1-16-8-10-19-21(32(16)27(34)35-2)11-12-22-25(19)31-24(33(22)18-6-4-3-5-7-18)15-17-9-13-23(20(28)14-17)36-26(29)30/h9,11-14,16,18,26H,3-8,10,15H2,1-2H3/t16-/m0/s1. The number of aryl methyl sites for hydroxylation is 1. The van der Waals surface area contributed by atoms with E-state index >= 15 is 0 Å². The second-order valence-corrected chi connectivity index (χ2v) is 9.67. The molecule has 1 fully saturated rings. The summed E-state index contributed by atoms with van der Waals surface area (Å²) in [6.07, 6.45) is 7.09. The Morgan fingerprint density at radius 2 is 1.92 bits per heavy atom. The van der Waals surface area contributed by atoms with Gasteiger partial charge in [-0.2, -0.15) is 8.78 Å². The molecule has 0 spiro atoms. The Hall–Kier alpha value is -3.23. The van der Waals surface area contributed by atoms with Crippen LogP contribution in [0.4, 0.5) is 23.7 Å². The molecule has 1 aliphatic carbocycles. The Bertz CT molecular complexity index is 1270. The van der Waals surface area contributed by atoms with E-state index in [-0.39, 0.29) is 12.1 Å². The van der Waals surface area contributed by atoms with E-state index in [1.54, 1.807) is 11.0 Å². The van der Waals surface area contributed by atoms with Gasteiger partial charge in [0.2, 0.25) is 0 Å². The molecule has 0 bridgehead atoms. The average molecular weight is 502 g/mol. The van der Waals surface area contributed by atoms with Crippen molar-refractivity contribution in [1.29, 1.82) is 0 Å². The summed E-state index contributed by atoms with van der Waals surface area (Å²) < 4.78 is 51.1. The molecule has 5 rings (SSSR count). The number of imidazole rings is 1. The first kappa shape index (κ1) is 24.5. The third-order valence-electron chi connectivity index (χ3n) is 7.41. The molecule has 1 aromatic heterocycles. The fraction of sp³-hybridized carbons (Fsp3) is 0.481. The number of fused-ring (bicyclic) bond motifs is 3. The van der Waals surface area contributed by atoms with Crippen LogP contribution in [0.3, 0.4) is 0 Å². The van der Waals surface area contributed by atoms with Gasteiger partial charge in [-0.3, -0.25) is 4.90 Å². The molecule has 36 heavy (non-hydrogen) atoms. The average Bonchev–Trinajstić information content (AvgIpc) is 3.23. The number of nitrogens with zero attached hydrogens (tertiary/aromatic N) is 3. The first-order valence-corrected chi connectivity index (χ1v) is 12.5. The first-order valence-electron chi connectivity index (χ1n) is 12.5. The van der Waals surface area contributed by atoms with Crippen LogP contribution in [-0.2, 0) is 17.6 Å². The summed E-state index contributed by atoms with van der Waals surface area (Å²) in [5, 5.41) is 0. The third kappa shape index (κ3) is 4.51. The van der Waals surface area contributed by atoms with Gasteiger partial charge in [0.15, 0.2) is 11.6 Å². The molecule has 1 aliphatic heterocycles. The Morgan fingerprint density at radius 1 is 1.14 bits per heavy atom. The monoisotopic (exact) mass is 501 g/mol. The lowest BCUT2D eigenvalue weighted by Gasteiger charge is -2.34. The third-order valence-corrected chi connectivity index (χ3v) is 7.41. The van der Waals surface area contributed by atoms with Crippen LogP contribution in [0.25, 0.3) is 11.0 Å². The summed E-state index contributed by atoms with van der Waals surface area (Å²) in [6.45, 7) is -1.08. The summed E-state index contributed by atoms with van der Waals surface area (Å²) >= 11 is 0. The number of hydrogen-bond donors (Lipinski definition) is 0. The molecule has 6 nitrogen and oxygen atoms in total. The molecule has 0 radical (unpaired) electrons. The van der Waals surface area contributed by atoms with Crippen molar-refractivity contribution in [3.05, 3.63) is 53.1 Å². The molecule has 0 saturated heterocycles. The fourth-order valence-electron chi connectivity index (χ4n) is 5.72. The number of aromatic nitrogens is 2. The van der Waals surface area contributed by atoms with Gasteiger partial charge in [-0.1, -0.05) is 25.3 Å². The second kappa shape index (κ2) is 10.0. The number of anilines is 1. The number of amides is 1. The predicted molar refractivity (Wildman–Crippen MR) is 130 cm³/mol. The van der Waals surface area contributed by atoms with E-state index in [0.29, 0.717) is 12.0 Å². The lowest BCUT2D eigenvalue weighted by atomic mass is 9.94. The summed E-state index contributed by atoms with van der Waals surface area (Å²) in [5.41, 5.74) is 4.31. The molecule has 0 N–H and O–H groups in total. The largest absolute Gasteiger partial charge is 0.452 e. The van der Waals surface area contributed by atoms with Crippen LogP contribution < -0.4 is 9.64 Å². The topological polar surface area (TPSA) is 56.6 Å². The normalized spacial score (nSPS) is 18.5. The highest BCUT2D eigenvalue weighted by Crippen LogP contribution is 2.40. The van der Waals surface area contributed by atoms with Gasteiger partial charge in [-0.05, 0) is 62.4 Å². The minimum absolute atomic E-state index is 0.0132. The molecular weight excluding hydrogens is 471 g/mol. The van der Waals surface area contributed by atoms with Crippen LogP contribution in [0.1, 0.15) is 68.4 Å². The van der Waals surface area contributed by atoms with Gasteiger partial charge < -0.3 is 14.0 Å². The number of carbonyl (C=O) groups is 1. The van der Waals surface area contributed by atoms with Crippen molar-refractivity contribution >= 4 is 22.8 Å². The number of methoxy groups -OCH3 is 1.